The van der Waals surface area contributed by atoms with Crippen LogP contribution >= 0.6 is 11.6 Å². The molecular formula is C11H15ClN2O2. The number of carbonyl (C=O) groups excluding carboxylic acids is 1. The number of benzene rings is 1. The fourth-order valence-electron chi connectivity index (χ4n) is 1.08. The third-order valence-electron chi connectivity index (χ3n) is 1.89. The van der Waals surface area contributed by atoms with E-state index >= 15 is 0 Å². The number of hydrogen-bond acceptors (Lipinski definition) is 3. The lowest BCUT2D eigenvalue weighted by Crippen LogP contribution is -2.33. The predicted octanol–water partition coefficient (Wildman–Crippen LogP) is 1.05. The predicted molar refractivity (Wildman–Crippen MR) is 63.9 cm³/mol. The third kappa shape index (κ3) is 4.51. The van der Waals surface area contributed by atoms with E-state index in [1.165, 1.54) is 0 Å². The molecule has 0 spiro atoms. The van der Waals surface area contributed by atoms with Gasteiger partial charge in [-0.2, -0.15) is 0 Å². The molecule has 0 bridgehead atoms. The molecule has 0 aromatic heterocycles. The van der Waals surface area contributed by atoms with E-state index in [0.717, 1.165) is 6.54 Å². The number of halogens is 1. The second kappa shape index (κ2) is 7.09. The Hall–Kier alpha value is -1.26. The first-order valence-electron chi connectivity index (χ1n) is 5.02. The highest BCUT2D eigenvalue weighted by atomic mass is 35.5. The minimum atomic E-state index is -0.157. The standard InChI is InChI=1S/C11H15ClN2O2/c1-13-6-7-14-11(15)8-16-10-5-3-2-4-9(10)12/h2-5,13H,6-8H2,1H3,(H,14,15). The molecule has 1 aromatic rings. The van der Waals surface area contributed by atoms with Crippen LogP contribution in [0.15, 0.2) is 24.3 Å². The van der Waals surface area contributed by atoms with Gasteiger partial charge in [-0.1, -0.05) is 23.7 Å². The topological polar surface area (TPSA) is 50.4 Å². The van der Waals surface area contributed by atoms with E-state index < -0.39 is 0 Å². The molecule has 1 amide bonds. The van der Waals surface area contributed by atoms with Crippen molar-refractivity contribution in [1.29, 1.82) is 0 Å². The summed E-state index contributed by atoms with van der Waals surface area (Å²) in [5, 5.41) is 6.14. The first-order chi connectivity index (χ1) is 7.74. The molecule has 0 aliphatic rings. The van der Waals surface area contributed by atoms with Crippen LogP contribution in [0.4, 0.5) is 0 Å². The average molecular weight is 243 g/mol. The molecule has 0 aliphatic heterocycles. The molecule has 0 radical (unpaired) electrons. The Morgan fingerprint density at radius 2 is 2.12 bits per heavy atom. The summed E-state index contributed by atoms with van der Waals surface area (Å²) in [6, 6.07) is 7.06. The maximum atomic E-state index is 11.3. The summed E-state index contributed by atoms with van der Waals surface area (Å²) in [4.78, 5) is 11.3. The van der Waals surface area contributed by atoms with Crippen LogP contribution in [0.3, 0.4) is 0 Å². The van der Waals surface area contributed by atoms with Crippen molar-refractivity contribution in [3.05, 3.63) is 29.3 Å². The van der Waals surface area contributed by atoms with Crippen molar-refractivity contribution in [3.8, 4) is 5.75 Å². The van der Waals surface area contributed by atoms with Gasteiger partial charge in [0, 0.05) is 13.1 Å². The van der Waals surface area contributed by atoms with Crippen molar-refractivity contribution in [2.24, 2.45) is 0 Å². The highest BCUT2D eigenvalue weighted by Gasteiger charge is 2.04. The highest BCUT2D eigenvalue weighted by molar-refractivity contribution is 6.32. The van der Waals surface area contributed by atoms with Crippen LogP contribution in [-0.4, -0.2) is 32.7 Å². The van der Waals surface area contributed by atoms with Crippen molar-refractivity contribution in [2.75, 3.05) is 26.7 Å². The molecule has 0 atom stereocenters. The van der Waals surface area contributed by atoms with Gasteiger partial charge in [0.25, 0.3) is 5.91 Å². The lowest BCUT2D eigenvalue weighted by Gasteiger charge is -2.08. The minimum absolute atomic E-state index is 0.0204. The molecule has 4 nitrogen and oxygen atoms in total. The average Bonchev–Trinajstić information content (AvgIpc) is 2.28. The first kappa shape index (κ1) is 12.8. The molecular weight excluding hydrogens is 228 g/mol. The first-order valence-corrected chi connectivity index (χ1v) is 5.40. The van der Waals surface area contributed by atoms with Crippen LogP contribution in [0.2, 0.25) is 5.02 Å². The van der Waals surface area contributed by atoms with Gasteiger partial charge in [0.15, 0.2) is 6.61 Å². The van der Waals surface area contributed by atoms with E-state index in [2.05, 4.69) is 10.6 Å². The van der Waals surface area contributed by atoms with Crippen LogP contribution in [0.1, 0.15) is 0 Å². The fourth-order valence-corrected chi connectivity index (χ4v) is 1.27. The summed E-state index contributed by atoms with van der Waals surface area (Å²) < 4.78 is 5.26. The molecule has 16 heavy (non-hydrogen) atoms. The Morgan fingerprint density at radius 1 is 1.38 bits per heavy atom. The summed E-state index contributed by atoms with van der Waals surface area (Å²) in [5.74, 6) is 0.364. The highest BCUT2D eigenvalue weighted by Crippen LogP contribution is 2.22. The van der Waals surface area contributed by atoms with Crippen molar-refractivity contribution < 1.29 is 9.53 Å². The van der Waals surface area contributed by atoms with Gasteiger partial charge < -0.3 is 15.4 Å². The maximum absolute atomic E-state index is 11.3. The minimum Gasteiger partial charge on any atom is -0.482 e. The quantitative estimate of drug-likeness (QED) is 0.734. The van der Waals surface area contributed by atoms with Crippen molar-refractivity contribution in [2.45, 2.75) is 0 Å². The Morgan fingerprint density at radius 3 is 2.81 bits per heavy atom. The summed E-state index contributed by atoms with van der Waals surface area (Å²) in [5.41, 5.74) is 0. The molecule has 2 N–H and O–H groups in total. The fraction of sp³-hybridized carbons (Fsp3) is 0.364. The second-order valence-electron chi connectivity index (χ2n) is 3.17. The van der Waals surface area contributed by atoms with Crippen LogP contribution in [0.25, 0.3) is 0 Å². The van der Waals surface area contributed by atoms with Gasteiger partial charge in [-0.3, -0.25) is 4.79 Å². The van der Waals surface area contributed by atoms with Crippen LogP contribution < -0.4 is 15.4 Å². The molecule has 5 heteroatoms. The second-order valence-corrected chi connectivity index (χ2v) is 3.58. The molecule has 0 fully saturated rings. The molecule has 88 valence electrons. The van der Waals surface area contributed by atoms with Gasteiger partial charge in [-0.15, -0.1) is 0 Å². The van der Waals surface area contributed by atoms with Crippen molar-refractivity contribution in [1.82, 2.24) is 10.6 Å². The van der Waals surface area contributed by atoms with Crippen molar-refractivity contribution >= 4 is 17.5 Å². The molecule has 0 saturated carbocycles. The van der Waals surface area contributed by atoms with Gasteiger partial charge in [0.1, 0.15) is 5.75 Å². The molecule has 0 aliphatic carbocycles. The largest absolute Gasteiger partial charge is 0.482 e. The number of rotatable bonds is 6. The summed E-state index contributed by atoms with van der Waals surface area (Å²) in [7, 11) is 1.83. The van der Waals surface area contributed by atoms with Crippen LogP contribution in [0.5, 0.6) is 5.75 Å². The van der Waals surface area contributed by atoms with Gasteiger partial charge in [-0.05, 0) is 19.2 Å². The van der Waals surface area contributed by atoms with E-state index in [9.17, 15) is 4.79 Å². The summed E-state index contributed by atoms with van der Waals surface area (Å²) in [6.45, 7) is 1.30. The SMILES string of the molecule is CNCCNC(=O)COc1ccccc1Cl. The Kier molecular flexibility index (Phi) is 5.67. The maximum Gasteiger partial charge on any atom is 0.257 e. The smallest absolute Gasteiger partial charge is 0.257 e. The molecule has 1 rings (SSSR count). The number of para-hydroxylation sites is 1. The lowest BCUT2D eigenvalue weighted by atomic mass is 10.3. The van der Waals surface area contributed by atoms with Gasteiger partial charge in [-0.25, -0.2) is 0 Å². The lowest BCUT2D eigenvalue weighted by molar-refractivity contribution is -0.123. The van der Waals surface area contributed by atoms with Crippen LogP contribution in [0, 0.1) is 0 Å². The number of amides is 1. The normalized spacial score (nSPS) is 9.88. The number of nitrogens with one attached hydrogen (secondary N) is 2. The van der Waals surface area contributed by atoms with Gasteiger partial charge in [0.05, 0.1) is 5.02 Å². The molecule has 0 unspecified atom stereocenters. The van der Waals surface area contributed by atoms with E-state index in [4.69, 9.17) is 16.3 Å². The number of carbonyl (C=O) groups is 1. The van der Waals surface area contributed by atoms with Crippen molar-refractivity contribution in [3.63, 3.8) is 0 Å². The van der Waals surface area contributed by atoms with Crippen LogP contribution in [-0.2, 0) is 4.79 Å². The zero-order valence-corrected chi connectivity index (χ0v) is 9.88. The number of likely N-dealkylation sites (N-methyl/N-ethyl adjacent to an activating group) is 1. The van der Waals surface area contributed by atoms with E-state index in [1.807, 2.05) is 13.1 Å². The Balaban J connectivity index is 2.29. The zero-order valence-electron chi connectivity index (χ0n) is 9.13. The Bertz CT molecular complexity index is 345. The van der Waals surface area contributed by atoms with Gasteiger partial charge in [0.2, 0.25) is 0 Å². The van der Waals surface area contributed by atoms with Gasteiger partial charge >= 0.3 is 0 Å². The summed E-state index contributed by atoms with van der Waals surface area (Å²) >= 11 is 5.87. The molecule has 1 aromatic carbocycles. The number of ether oxygens (including phenoxy) is 1. The Labute approximate surface area is 99.9 Å². The summed E-state index contributed by atoms with van der Waals surface area (Å²) in [6.07, 6.45) is 0. The molecule has 0 heterocycles. The van der Waals surface area contributed by atoms with E-state index in [1.54, 1.807) is 18.2 Å². The monoisotopic (exact) mass is 242 g/mol. The molecule has 0 saturated heterocycles. The third-order valence-corrected chi connectivity index (χ3v) is 2.20. The number of hydrogen-bond donors (Lipinski definition) is 2. The van der Waals surface area contributed by atoms with E-state index in [-0.39, 0.29) is 12.5 Å². The zero-order chi connectivity index (χ0) is 11.8. The van der Waals surface area contributed by atoms with E-state index in [0.29, 0.717) is 17.3 Å².